The van der Waals surface area contributed by atoms with Crippen LogP contribution in [0.5, 0.6) is 11.5 Å². The van der Waals surface area contributed by atoms with Crippen molar-refractivity contribution in [2.75, 3.05) is 46.7 Å². The molecule has 0 saturated heterocycles. The summed E-state index contributed by atoms with van der Waals surface area (Å²) in [5.41, 5.74) is 2.30. The number of carbonyl (C=O) groups excluding carboxylic acids is 2. The maximum atomic E-state index is 13.9. The molecule has 2 aromatic carbocycles. The van der Waals surface area contributed by atoms with Crippen LogP contribution in [0.25, 0.3) is 0 Å². The van der Waals surface area contributed by atoms with E-state index in [-0.39, 0.29) is 24.8 Å². The van der Waals surface area contributed by atoms with Gasteiger partial charge in [0.05, 0.1) is 32.9 Å². The van der Waals surface area contributed by atoms with Crippen molar-refractivity contribution in [2.24, 2.45) is 0 Å². The average molecular weight is 605 g/mol. The highest BCUT2D eigenvalue weighted by atomic mass is 32.2. The zero-order chi connectivity index (χ0) is 30.0. The predicted molar refractivity (Wildman–Crippen MR) is 157 cm³/mol. The minimum Gasteiger partial charge on any atom is -0.496 e. The van der Waals surface area contributed by atoms with Crippen molar-refractivity contribution >= 4 is 32.9 Å². The second-order valence-corrected chi connectivity index (χ2v) is 12.6. The summed E-state index contributed by atoms with van der Waals surface area (Å²) in [7, 11) is 2.13. The van der Waals surface area contributed by atoms with Gasteiger partial charge in [0.1, 0.15) is 33.9 Å². The van der Waals surface area contributed by atoms with Gasteiger partial charge in [-0.25, -0.2) is 13.4 Å². The Morgan fingerprint density at radius 3 is 2.22 bits per heavy atom. The standard InChI is InChI=1S/C29H36N2O8S2/c1-20-28(24(32)18-41(34,35)19-37-3)30-27(40-20)16-31(13-9-12-21-10-7-6-8-11-21)29(33)22-14-25(38-4)23(17-36-2)26(15-22)39-5/h6-8,10-11,14-15H,9,12-13,16-19H2,1-5H3. The third-order valence-electron chi connectivity index (χ3n) is 6.25. The number of methoxy groups -OCH3 is 4. The molecule has 0 aliphatic rings. The summed E-state index contributed by atoms with van der Waals surface area (Å²) in [6.45, 7) is 2.52. The van der Waals surface area contributed by atoms with E-state index >= 15 is 0 Å². The number of hydrogen-bond donors (Lipinski definition) is 0. The third kappa shape index (κ3) is 8.83. The SMILES string of the molecule is COCc1c(OC)cc(C(=O)N(CCCc2ccccc2)Cc2nc(C(=O)CS(=O)(=O)COC)c(C)s2)cc1OC. The van der Waals surface area contributed by atoms with Crippen molar-refractivity contribution in [1.29, 1.82) is 0 Å². The number of Topliss-reactive ketones (excluding diaryl/α,β-unsaturated/α-hetero) is 1. The summed E-state index contributed by atoms with van der Waals surface area (Å²) in [5, 5.41) is 0.526. The van der Waals surface area contributed by atoms with Crippen molar-refractivity contribution in [1.82, 2.24) is 9.88 Å². The van der Waals surface area contributed by atoms with Crippen molar-refractivity contribution < 1.29 is 37.0 Å². The Bertz CT molecular complexity index is 1410. The zero-order valence-electron chi connectivity index (χ0n) is 24.0. The smallest absolute Gasteiger partial charge is 0.254 e. The van der Waals surface area contributed by atoms with Crippen LogP contribution < -0.4 is 9.47 Å². The highest BCUT2D eigenvalue weighted by Crippen LogP contribution is 2.32. The molecule has 1 heterocycles. The maximum Gasteiger partial charge on any atom is 0.254 e. The van der Waals surface area contributed by atoms with Crippen molar-refractivity contribution in [3.63, 3.8) is 0 Å². The Morgan fingerprint density at radius 1 is 0.976 bits per heavy atom. The molecule has 0 aliphatic heterocycles. The van der Waals surface area contributed by atoms with Crippen molar-refractivity contribution in [3.8, 4) is 11.5 Å². The number of rotatable bonds is 16. The van der Waals surface area contributed by atoms with Gasteiger partial charge in [-0.1, -0.05) is 30.3 Å². The van der Waals surface area contributed by atoms with Crippen LogP contribution >= 0.6 is 11.3 Å². The second kappa shape index (κ2) is 15.1. The number of amides is 1. The summed E-state index contributed by atoms with van der Waals surface area (Å²) in [5.74, 6) is -1.18. The molecule has 0 fully saturated rings. The molecule has 12 heteroatoms. The molecule has 1 amide bonds. The van der Waals surface area contributed by atoms with Crippen LogP contribution in [0, 0.1) is 6.92 Å². The molecule has 222 valence electrons. The summed E-state index contributed by atoms with van der Waals surface area (Å²) in [6.07, 6.45) is 1.46. The molecule has 10 nitrogen and oxygen atoms in total. The van der Waals surface area contributed by atoms with Crippen molar-refractivity contribution in [3.05, 3.63) is 74.7 Å². The largest absolute Gasteiger partial charge is 0.496 e. The number of aryl methyl sites for hydroxylation is 2. The van der Waals surface area contributed by atoms with Crippen LogP contribution in [0.15, 0.2) is 42.5 Å². The van der Waals surface area contributed by atoms with E-state index in [2.05, 4.69) is 4.98 Å². The highest BCUT2D eigenvalue weighted by molar-refractivity contribution is 7.91. The summed E-state index contributed by atoms with van der Waals surface area (Å²) >= 11 is 1.26. The van der Waals surface area contributed by atoms with Gasteiger partial charge in [-0.2, -0.15) is 0 Å². The quantitative estimate of drug-likeness (QED) is 0.223. The number of thiazole rings is 1. The molecule has 3 rings (SSSR count). The van der Waals surface area contributed by atoms with Gasteiger partial charge in [0.2, 0.25) is 0 Å². The van der Waals surface area contributed by atoms with Crippen molar-refractivity contribution in [2.45, 2.75) is 32.9 Å². The number of ether oxygens (including phenoxy) is 4. The fraction of sp³-hybridized carbons (Fsp3) is 0.414. The van der Waals surface area contributed by atoms with E-state index in [1.54, 1.807) is 31.1 Å². The van der Waals surface area contributed by atoms with E-state index in [0.717, 1.165) is 12.0 Å². The highest BCUT2D eigenvalue weighted by Gasteiger charge is 2.25. The Kier molecular flexibility index (Phi) is 11.8. The Morgan fingerprint density at radius 2 is 1.63 bits per heavy atom. The number of sulfone groups is 1. The van der Waals surface area contributed by atoms with Gasteiger partial charge in [-0.3, -0.25) is 9.59 Å². The van der Waals surface area contributed by atoms with E-state index in [9.17, 15) is 18.0 Å². The first kappa shape index (κ1) is 32.2. The van der Waals surface area contributed by atoms with Gasteiger partial charge < -0.3 is 23.8 Å². The number of aromatic nitrogens is 1. The number of benzene rings is 2. The monoisotopic (exact) mass is 604 g/mol. The first-order valence-electron chi connectivity index (χ1n) is 12.9. The molecule has 0 aliphatic carbocycles. The van der Waals surface area contributed by atoms with Gasteiger partial charge in [-0.15, -0.1) is 11.3 Å². The Labute approximate surface area is 245 Å². The molecule has 41 heavy (non-hydrogen) atoms. The number of hydrogen-bond acceptors (Lipinski definition) is 10. The fourth-order valence-corrected chi connectivity index (χ4v) is 6.32. The molecule has 0 spiro atoms. The summed E-state index contributed by atoms with van der Waals surface area (Å²) in [4.78, 5) is 33.3. The molecule has 0 unspecified atom stereocenters. The number of ketones is 1. The fourth-order valence-electron chi connectivity index (χ4n) is 4.38. The Hall–Kier alpha value is -3.32. The third-order valence-corrected chi connectivity index (χ3v) is 8.50. The molecule has 0 radical (unpaired) electrons. The van der Waals surface area contributed by atoms with Gasteiger partial charge in [0.15, 0.2) is 15.6 Å². The van der Waals surface area contributed by atoms with Crippen LogP contribution in [0.2, 0.25) is 0 Å². The van der Waals surface area contributed by atoms with Gasteiger partial charge in [-0.05, 0) is 37.5 Å². The lowest BCUT2D eigenvalue weighted by Gasteiger charge is -2.23. The second-order valence-electron chi connectivity index (χ2n) is 9.34. The number of carbonyl (C=O) groups is 2. The first-order chi connectivity index (χ1) is 19.6. The topological polar surface area (TPSA) is 121 Å². The molecule has 0 N–H and O–H groups in total. The molecule has 0 saturated carbocycles. The lowest BCUT2D eigenvalue weighted by atomic mass is 10.1. The van der Waals surface area contributed by atoms with E-state index < -0.39 is 27.3 Å². The molecule has 0 bridgehead atoms. The average Bonchev–Trinajstić information content (AvgIpc) is 3.32. The van der Waals surface area contributed by atoms with E-state index in [4.69, 9.17) is 18.9 Å². The lowest BCUT2D eigenvalue weighted by molar-refractivity contribution is 0.0740. The van der Waals surface area contributed by atoms with Crippen LogP contribution in [0.1, 0.15) is 48.3 Å². The van der Waals surface area contributed by atoms with Crippen LogP contribution in [-0.2, 0) is 38.9 Å². The summed E-state index contributed by atoms with van der Waals surface area (Å²) < 4.78 is 45.3. The first-order valence-corrected chi connectivity index (χ1v) is 15.5. The van der Waals surface area contributed by atoms with Gasteiger partial charge in [0.25, 0.3) is 5.91 Å². The summed E-state index contributed by atoms with van der Waals surface area (Å²) in [6, 6.07) is 13.3. The van der Waals surface area contributed by atoms with Gasteiger partial charge in [0, 0.05) is 31.2 Å². The zero-order valence-corrected chi connectivity index (χ0v) is 25.6. The molecule has 0 atom stereocenters. The van der Waals surface area contributed by atoms with Crippen LogP contribution in [0.4, 0.5) is 0 Å². The van der Waals surface area contributed by atoms with Gasteiger partial charge >= 0.3 is 0 Å². The Balaban J connectivity index is 1.90. The van der Waals surface area contributed by atoms with E-state index in [0.29, 0.717) is 45.5 Å². The van der Waals surface area contributed by atoms with Crippen LogP contribution in [0.3, 0.4) is 0 Å². The minimum absolute atomic E-state index is 0.0913. The normalized spacial score (nSPS) is 11.3. The van der Waals surface area contributed by atoms with E-state index in [1.165, 1.54) is 32.7 Å². The van der Waals surface area contributed by atoms with E-state index in [1.807, 2.05) is 30.3 Å². The number of nitrogens with zero attached hydrogens (tertiary/aromatic N) is 2. The molecular weight excluding hydrogens is 568 g/mol. The van der Waals surface area contributed by atoms with Crippen LogP contribution in [-0.4, -0.2) is 76.7 Å². The maximum absolute atomic E-state index is 13.9. The minimum atomic E-state index is -3.72. The molecular formula is C29H36N2O8S2. The molecule has 3 aromatic rings. The predicted octanol–water partition coefficient (Wildman–Crippen LogP) is 4.09. The lowest BCUT2D eigenvalue weighted by Crippen LogP contribution is -2.32. The molecule has 1 aromatic heterocycles.